The average molecular weight is 247 g/mol. The molecule has 0 radical (unpaired) electrons. The number of benzene rings is 1. The third kappa shape index (κ3) is 4.02. The molecule has 0 atom stereocenters. The summed E-state index contributed by atoms with van der Waals surface area (Å²) in [6.07, 6.45) is 6.34. The number of hydrogen-bond donors (Lipinski definition) is 0. The third-order valence-corrected chi connectivity index (χ3v) is 3.68. The van der Waals surface area contributed by atoms with Gasteiger partial charge in [-0.1, -0.05) is 31.5 Å². The van der Waals surface area contributed by atoms with Crippen molar-refractivity contribution in [2.24, 2.45) is 0 Å². The molecule has 2 rings (SSSR count). The van der Waals surface area contributed by atoms with Gasteiger partial charge in [0, 0.05) is 6.54 Å². The molecule has 0 bridgehead atoms. The number of nitrogens with zero attached hydrogens (tertiary/aromatic N) is 1. The normalized spacial score (nSPS) is 16.7. The summed E-state index contributed by atoms with van der Waals surface area (Å²) >= 11 is 0. The first-order valence-electron chi connectivity index (χ1n) is 7.33. The van der Waals surface area contributed by atoms with E-state index >= 15 is 0 Å². The average Bonchev–Trinajstić information content (AvgIpc) is 2.45. The van der Waals surface area contributed by atoms with E-state index in [1.807, 2.05) is 0 Å². The molecule has 1 aromatic carbocycles. The van der Waals surface area contributed by atoms with Crippen LogP contribution in [0.15, 0.2) is 24.3 Å². The first-order valence-corrected chi connectivity index (χ1v) is 7.33. The first-order chi connectivity index (χ1) is 8.90. The summed E-state index contributed by atoms with van der Waals surface area (Å²) in [6, 6.07) is 8.37. The highest BCUT2D eigenvalue weighted by Crippen LogP contribution is 2.18. The van der Waals surface area contributed by atoms with Gasteiger partial charge in [-0.25, -0.2) is 0 Å². The topological polar surface area (TPSA) is 12.5 Å². The minimum Gasteiger partial charge on any atom is -0.493 e. The highest BCUT2D eigenvalue weighted by molar-refractivity contribution is 5.33. The summed E-state index contributed by atoms with van der Waals surface area (Å²) < 4.78 is 5.89. The number of rotatable bonds is 6. The van der Waals surface area contributed by atoms with E-state index in [1.165, 1.54) is 44.5 Å². The van der Waals surface area contributed by atoms with E-state index in [0.29, 0.717) is 0 Å². The van der Waals surface area contributed by atoms with E-state index < -0.39 is 0 Å². The number of hydrogen-bond acceptors (Lipinski definition) is 2. The van der Waals surface area contributed by atoms with Gasteiger partial charge in [0.05, 0.1) is 6.61 Å². The zero-order valence-electron chi connectivity index (χ0n) is 11.5. The molecular weight excluding hydrogens is 222 g/mol. The van der Waals surface area contributed by atoms with Gasteiger partial charge in [-0.2, -0.15) is 0 Å². The number of para-hydroxylation sites is 1. The zero-order valence-corrected chi connectivity index (χ0v) is 11.5. The van der Waals surface area contributed by atoms with E-state index in [1.54, 1.807) is 0 Å². The molecule has 0 aromatic heterocycles. The van der Waals surface area contributed by atoms with E-state index in [0.717, 1.165) is 25.2 Å². The van der Waals surface area contributed by atoms with Crippen LogP contribution < -0.4 is 4.74 Å². The fourth-order valence-corrected chi connectivity index (χ4v) is 2.59. The van der Waals surface area contributed by atoms with Gasteiger partial charge in [0.1, 0.15) is 5.75 Å². The first kappa shape index (κ1) is 13.4. The van der Waals surface area contributed by atoms with Crippen LogP contribution in [0.5, 0.6) is 5.75 Å². The lowest BCUT2D eigenvalue weighted by Crippen LogP contribution is -2.31. The van der Waals surface area contributed by atoms with Crippen LogP contribution in [0.1, 0.15) is 38.2 Å². The molecular formula is C16H25NO. The van der Waals surface area contributed by atoms with Crippen molar-refractivity contribution in [2.45, 2.75) is 39.0 Å². The Labute approximate surface area is 111 Å². The molecule has 1 saturated heterocycles. The van der Waals surface area contributed by atoms with Crippen LogP contribution >= 0.6 is 0 Å². The Balaban J connectivity index is 1.68. The van der Waals surface area contributed by atoms with Gasteiger partial charge in [0.15, 0.2) is 0 Å². The number of likely N-dealkylation sites (tertiary alicyclic amines) is 1. The summed E-state index contributed by atoms with van der Waals surface area (Å²) in [4.78, 5) is 2.57. The highest BCUT2D eigenvalue weighted by atomic mass is 16.5. The highest BCUT2D eigenvalue weighted by Gasteiger charge is 2.09. The van der Waals surface area contributed by atoms with Crippen molar-refractivity contribution in [3.63, 3.8) is 0 Å². The lowest BCUT2D eigenvalue weighted by Gasteiger charge is -2.26. The molecule has 0 spiro atoms. The summed E-state index contributed by atoms with van der Waals surface area (Å²) in [5.74, 6) is 1.07. The van der Waals surface area contributed by atoms with Crippen LogP contribution in [0.3, 0.4) is 0 Å². The van der Waals surface area contributed by atoms with Crippen molar-refractivity contribution in [3.8, 4) is 5.75 Å². The Hall–Kier alpha value is -1.02. The Morgan fingerprint density at radius 2 is 1.89 bits per heavy atom. The predicted octanol–water partition coefficient (Wildman–Crippen LogP) is 3.50. The zero-order chi connectivity index (χ0) is 12.6. The molecule has 100 valence electrons. The lowest BCUT2D eigenvalue weighted by molar-refractivity contribution is 0.204. The standard InChI is InChI=1S/C16H25NO/c1-2-15-9-4-5-10-16(15)18-14-8-13-17-11-6-3-7-12-17/h4-5,9-10H,2-3,6-8,11-14H2,1H3. The fourth-order valence-electron chi connectivity index (χ4n) is 2.59. The maximum Gasteiger partial charge on any atom is 0.122 e. The number of ether oxygens (including phenoxy) is 1. The SMILES string of the molecule is CCc1ccccc1OCCCN1CCCCC1. The molecule has 0 amide bonds. The van der Waals surface area contributed by atoms with Gasteiger partial charge in [-0.3, -0.25) is 0 Å². The maximum atomic E-state index is 5.89. The molecule has 18 heavy (non-hydrogen) atoms. The molecule has 2 heteroatoms. The van der Waals surface area contributed by atoms with Crippen LogP contribution in [0.25, 0.3) is 0 Å². The van der Waals surface area contributed by atoms with Gasteiger partial charge < -0.3 is 9.64 Å². The smallest absolute Gasteiger partial charge is 0.122 e. The summed E-state index contributed by atoms with van der Waals surface area (Å²) in [7, 11) is 0. The minimum absolute atomic E-state index is 0.841. The van der Waals surface area contributed by atoms with Crippen LogP contribution in [-0.2, 0) is 6.42 Å². The quantitative estimate of drug-likeness (QED) is 0.713. The Bertz CT molecular complexity index is 345. The molecule has 2 nitrogen and oxygen atoms in total. The summed E-state index contributed by atoms with van der Waals surface area (Å²) in [6.45, 7) is 6.77. The molecule has 0 N–H and O–H groups in total. The van der Waals surface area contributed by atoms with Crippen molar-refractivity contribution >= 4 is 0 Å². The van der Waals surface area contributed by atoms with E-state index in [4.69, 9.17) is 4.74 Å². The van der Waals surface area contributed by atoms with Crippen molar-refractivity contribution in [3.05, 3.63) is 29.8 Å². The number of piperidine rings is 1. The second-order valence-corrected chi connectivity index (χ2v) is 5.07. The Morgan fingerprint density at radius 1 is 1.11 bits per heavy atom. The van der Waals surface area contributed by atoms with Crippen LogP contribution in [0, 0.1) is 0 Å². The van der Waals surface area contributed by atoms with Gasteiger partial charge in [0.25, 0.3) is 0 Å². The van der Waals surface area contributed by atoms with Gasteiger partial charge in [-0.15, -0.1) is 0 Å². The molecule has 0 unspecified atom stereocenters. The third-order valence-electron chi connectivity index (χ3n) is 3.68. The molecule has 1 fully saturated rings. The largest absolute Gasteiger partial charge is 0.493 e. The minimum atomic E-state index is 0.841. The Morgan fingerprint density at radius 3 is 2.67 bits per heavy atom. The van der Waals surface area contributed by atoms with Gasteiger partial charge in [-0.05, 0) is 50.4 Å². The molecule has 1 heterocycles. The maximum absolute atomic E-state index is 5.89. The fraction of sp³-hybridized carbons (Fsp3) is 0.625. The Kier molecular flexibility index (Phi) is 5.53. The van der Waals surface area contributed by atoms with Crippen LogP contribution in [0.2, 0.25) is 0 Å². The van der Waals surface area contributed by atoms with E-state index in [9.17, 15) is 0 Å². The van der Waals surface area contributed by atoms with Crippen LogP contribution in [0.4, 0.5) is 0 Å². The number of aryl methyl sites for hydroxylation is 1. The molecule has 1 aromatic rings. The van der Waals surface area contributed by atoms with Crippen molar-refractivity contribution in [2.75, 3.05) is 26.2 Å². The molecule has 0 aliphatic carbocycles. The van der Waals surface area contributed by atoms with Crippen molar-refractivity contribution < 1.29 is 4.74 Å². The van der Waals surface area contributed by atoms with Gasteiger partial charge in [0.2, 0.25) is 0 Å². The second kappa shape index (κ2) is 7.42. The second-order valence-electron chi connectivity index (χ2n) is 5.07. The summed E-state index contributed by atoms with van der Waals surface area (Å²) in [5, 5.41) is 0. The monoisotopic (exact) mass is 247 g/mol. The molecule has 0 saturated carbocycles. The summed E-state index contributed by atoms with van der Waals surface area (Å²) in [5.41, 5.74) is 1.32. The predicted molar refractivity (Wildman–Crippen MR) is 76.2 cm³/mol. The van der Waals surface area contributed by atoms with Crippen molar-refractivity contribution in [1.82, 2.24) is 4.90 Å². The van der Waals surface area contributed by atoms with E-state index in [-0.39, 0.29) is 0 Å². The molecule has 1 aliphatic heterocycles. The molecule has 1 aliphatic rings. The van der Waals surface area contributed by atoms with E-state index in [2.05, 4.69) is 36.1 Å². The van der Waals surface area contributed by atoms with Crippen LogP contribution in [-0.4, -0.2) is 31.1 Å². The van der Waals surface area contributed by atoms with Crippen molar-refractivity contribution in [1.29, 1.82) is 0 Å². The van der Waals surface area contributed by atoms with Gasteiger partial charge >= 0.3 is 0 Å². The lowest BCUT2D eigenvalue weighted by atomic mass is 10.1.